The molecule has 1 aliphatic rings. The third-order valence-corrected chi connectivity index (χ3v) is 2.68. The van der Waals surface area contributed by atoms with Gasteiger partial charge < -0.3 is 9.47 Å². The molecular formula is C11H19NO4. The van der Waals surface area contributed by atoms with Gasteiger partial charge >= 0.3 is 12.1 Å². The highest BCUT2D eigenvalue weighted by molar-refractivity contribution is 5.81. The number of amides is 1. The lowest BCUT2D eigenvalue weighted by molar-refractivity contribution is -0.145. The summed E-state index contributed by atoms with van der Waals surface area (Å²) in [4.78, 5) is 24.5. The first-order valence-corrected chi connectivity index (χ1v) is 5.72. The molecule has 1 rings (SSSR count). The number of carbonyl (C=O) groups excluding carboxylic acids is 2. The highest BCUT2D eigenvalue weighted by atomic mass is 16.6. The summed E-state index contributed by atoms with van der Waals surface area (Å²) < 4.78 is 9.72. The predicted octanol–water partition coefficient (Wildman–Crippen LogP) is 1.56. The van der Waals surface area contributed by atoms with Crippen LogP contribution >= 0.6 is 0 Å². The van der Waals surface area contributed by atoms with Crippen molar-refractivity contribution in [3.63, 3.8) is 0 Å². The molecule has 1 atom stereocenters. The zero-order chi connectivity index (χ0) is 12.0. The number of nitrogens with zero attached hydrogens (tertiary/aromatic N) is 1. The van der Waals surface area contributed by atoms with Gasteiger partial charge in [-0.05, 0) is 19.3 Å². The second kappa shape index (κ2) is 6.35. The quantitative estimate of drug-likeness (QED) is 0.542. The van der Waals surface area contributed by atoms with Crippen molar-refractivity contribution in [3.05, 3.63) is 0 Å². The van der Waals surface area contributed by atoms with E-state index in [9.17, 15) is 9.59 Å². The molecule has 1 saturated heterocycles. The van der Waals surface area contributed by atoms with Gasteiger partial charge in [-0.15, -0.1) is 0 Å². The lowest BCUT2D eigenvalue weighted by Gasteiger charge is -2.21. The zero-order valence-corrected chi connectivity index (χ0v) is 9.90. The smallest absolute Gasteiger partial charge is 0.410 e. The fourth-order valence-electron chi connectivity index (χ4n) is 1.75. The van der Waals surface area contributed by atoms with E-state index in [-0.39, 0.29) is 5.97 Å². The van der Waals surface area contributed by atoms with Crippen LogP contribution in [0.5, 0.6) is 0 Å². The number of methoxy groups -OCH3 is 1. The van der Waals surface area contributed by atoms with Gasteiger partial charge in [0, 0.05) is 6.54 Å². The number of hydrogen-bond donors (Lipinski definition) is 0. The fraction of sp³-hybridized carbons (Fsp3) is 0.818. The van der Waals surface area contributed by atoms with Crippen molar-refractivity contribution in [1.82, 2.24) is 4.90 Å². The van der Waals surface area contributed by atoms with E-state index in [1.165, 1.54) is 12.0 Å². The summed E-state index contributed by atoms with van der Waals surface area (Å²) in [6.45, 7) is 3.02. The first kappa shape index (κ1) is 12.8. The van der Waals surface area contributed by atoms with Crippen molar-refractivity contribution in [3.8, 4) is 0 Å². The van der Waals surface area contributed by atoms with Crippen molar-refractivity contribution in [2.24, 2.45) is 0 Å². The number of carbonyl (C=O) groups is 2. The van der Waals surface area contributed by atoms with Gasteiger partial charge in [0.25, 0.3) is 0 Å². The second-order valence-corrected chi connectivity index (χ2v) is 3.84. The van der Waals surface area contributed by atoms with E-state index in [1.807, 2.05) is 6.92 Å². The Morgan fingerprint density at radius 3 is 2.81 bits per heavy atom. The van der Waals surface area contributed by atoms with Crippen LogP contribution in [0.25, 0.3) is 0 Å². The normalized spacial score (nSPS) is 19.6. The van der Waals surface area contributed by atoms with Crippen LogP contribution in [0.3, 0.4) is 0 Å². The van der Waals surface area contributed by atoms with E-state index in [1.54, 1.807) is 0 Å². The molecule has 0 saturated carbocycles. The number of unbranched alkanes of at least 4 members (excludes halogenated alkanes) is 1. The maximum Gasteiger partial charge on any atom is 0.410 e. The molecule has 0 aliphatic carbocycles. The first-order chi connectivity index (χ1) is 7.70. The molecule has 5 heteroatoms. The molecule has 0 aromatic heterocycles. The zero-order valence-electron chi connectivity index (χ0n) is 9.90. The summed E-state index contributed by atoms with van der Waals surface area (Å²) in [6, 6.07) is -0.459. The van der Waals surface area contributed by atoms with Gasteiger partial charge in [-0.2, -0.15) is 0 Å². The monoisotopic (exact) mass is 229 g/mol. The SMILES string of the molecule is CCCCOC(=O)N1CCC[C@@H]1C(=O)OC. The Bertz CT molecular complexity index is 254. The molecular weight excluding hydrogens is 210 g/mol. The van der Waals surface area contributed by atoms with Crippen LogP contribution in [0, 0.1) is 0 Å². The molecule has 1 aliphatic heterocycles. The molecule has 0 radical (unpaired) electrons. The number of likely N-dealkylation sites (tertiary alicyclic amines) is 1. The average Bonchev–Trinajstić information content (AvgIpc) is 2.77. The van der Waals surface area contributed by atoms with Crippen LogP contribution in [0.4, 0.5) is 4.79 Å². The summed E-state index contributed by atoms with van der Waals surface area (Å²) in [6.07, 6.45) is 2.91. The molecule has 0 aromatic carbocycles. The Hall–Kier alpha value is -1.26. The molecule has 1 fully saturated rings. The number of esters is 1. The highest BCUT2D eigenvalue weighted by Gasteiger charge is 2.35. The third-order valence-electron chi connectivity index (χ3n) is 2.68. The standard InChI is InChI=1S/C11H19NO4/c1-3-4-8-16-11(14)12-7-5-6-9(12)10(13)15-2/h9H,3-8H2,1-2H3/t9-/m1/s1. The van der Waals surface area contributed by atoms with Crippen LogP contribution in [0.15, 0.2) is 0 Å². The minimum Gasteiger partial charge on any atom is -0.467 e. The summed E-state index contributed by atoms with van der Waals surface area (Å²) in [5.41, 5.74) is 0. The van der Waals surface area contributed by atoms with Gasteiger partial charge in [-0.3, -0.25) is 4.90 Å². The molecule has 0 bridgehead atoms. The number of rotatable bonds is 4. The summed E-state index contributed by atoms with van der Waals surface area (Å²) in [7, 11) is 1.33. The highest BCUT2D eigenvalue weighted by Crippen LogP contribution is 2.19. The maximum absolute atomic E-state index is 11.6. The Balaban J connectivity index is 2.44. The molecule has 0 aromatic rings. The maximum atomic E-state index is 11.6. The molecule has 0 unspecified atom stereocenters. The Labute approximate surface area is 95.7 Å². The van der Waals surface area contributed by atoms with Crippen LogP contribution in [-0.4, -0.2) is 43.3 Å². The average molecular weight is 229 g/mol. The van der Waals surface area contributed by atoms with E-state index in [2.05, 4.69) is 4.74 Å². The van der Waals surface area contributed by atoms with Gasteiger partial charge in [0.15, 0.2) is 0 Å². The Morgan fingerprint density at radius 2 is 2.19 bits per heavy atom. The molecule has 0 spiro atoms. The number of ether oxygens (including phenoxy) is 2. The minimum absolute atomic E-state index is 0.357. The van der Waals surface area contributed by atoms with Crippen molar-refractivity contribution in [1.29, 1.82) is 0 Å². The van der Waals surface area contributed by atoms with Crippen molar-refractivity contribution < 1.29 is 19.1 Å². The molecule has 1 amide bonds. The van der Waals surface area contributed by atoms with Gasteiger partial charge in [-0.1, -0.05) is 13.3 Å². The lowest BCUT2D eigenvalue weighted by Crippen LogP contribution is -2.41. The molecule has 92 valence electrons. The fourth-order valence-corrected chi connectivity index (χ4v) is 1.75. The molecule has 16 heavy (non-hydrogen) atoms. The van der Waals surface area contributed by atoms with E-state index in [4.69, 9.17) is 4.74 Å². The van der Waals surface area contributed by atoms with Gasteiger partial charge in [-0.25, -0.2) is 9.59 Å². The van der Waals surface area contributed by atoms with E-state index in [0.29, 0.717) is 19.6 Å². The topological polar surface area (TPSA) is 55.8 Å². The van der Waals surface area contributed by atoms with Crippen LogP contribution in [-0.2, 0) is 14.3 Å². The largest absolute Gasteiger partial charge is 0.467 e. The lowest BCUT2D eigenvalue weighted by atomic mass is 10.2. The van der Waals surface area contributed by atoms with E-state index >= 15 is 0 Å². The van der Waals surface area contributed by atoms with Gasteiger partial charge in [0.05, 0.1) is 13.7 Å². The number of hydrogen-bond acceptors (Lipinski definition) is 4. The van der Waals surface area contributed by atoms with Gasteiger partial charge in [0.1, 0.15) is 6.04 Å². The van der Waals surface area contributed by atoms with Crippen LogP contribution in [0.2, 0.25) is 0 Å². The first-order valence-electron chi connectivity index (χ1n) is 5.72. The van der Waals surface area contributed by atoms with Gasteiger partial charge in [0.2, 0.25) is 0 Å². The van der Waals surface area contributed by atoms with Crippen LogP contribution < -0.4 is 0 Å². The summed E-state index contributed by atoms with van der Waals surface area (Å²) >= 11 is 0. The summed E-state index contributed by atoms with van der Waals surface area (Å²) in [5.74, 6) is -0.357. The van der Waals surface area contributed by atoms with Crippen molar-refractivity contribution in [2.45, 2.75) is 38.6 Å². The third kappa shape index (κ3) is 3.12. The second-order valence-electron chi connectivity index (χ2n) is 3.84. The van der Waals surface area contributed by atoms with Crippen molar-refractivity contribution in [2.75, 3.05) is 20.3 Å². The van der Waals surface area contributed by atoms with E-state index < -0.39 is 12.1 Å². The van der Waals surface area contributed by atoms with Crippen molar-refractivity contribution >= 4 is 12.1 Å². The molecule has 5 nitrogen and oxygen atoms in total. The molecule has 0 N–H and O–H groups in total. The minimum atomic E-state index is -0.459. The molecule has 1 heterocycles. The van der Waals surface area contributed by atoms with E-state index in [0.717, 1.165) is 19.3 Å². The Morgan fingerprint density at radius 1 is 1.44 bits per heavy atom. The van der Waals surface area contributed by atoms with Crippen LogP contribution in [0.1, 0.15) is 32.6 Å². The Kier molecular flexibility index (Phi) is 5.08. The summed E-state index contributed by atoms with van der Waals surface area (Å²) in [5, 5.41) is 0. The predicted molar refractivity (Wildman–Crippen MR) is 58.0 cm³/mol.